The zero-order chi connectivity index (χ0) is 19.7. The Morgan fingerprint density at radius 2 is 1.54 bits per heavy atom. The summed E-state index contributed by atoms with van der Waals surface area (Å²) in [5.74, 6) is -1.88. The van der Waals surface area contributed by atoms with Crippen molar-refractivity contribution in [3.05, 3.63) is 89.0 Å². The Bertz CT molecular complexity index is 1030. The van der Waals surface area contributed by atoms with E-state index in [0.717, 1.165) is 22.3 Å². The first-order chi connectivity index (χ1) is 13.6. The summed E-state index contributed by atoms with van der Waals surface area (Å²) >= 11 is 0. The molecule has 28 heavy (non-hydrogen) atoms. The van der Waals surface area contributed by atoms with Crippen molar-refractivity contribution in [3.63, 3.8) is 0 Å². The van der Waals surface area contributed by atoms with Crippen molar-refractivity contribution in [1.82, 2.24) is 0 Å². The van der Waals surface area contributed by atoms with E-state index in [1.54, 1.807) is 13.1 Å². The molecule has 5 nitrogen and oxygen atoms in total. The largest absolute Gasteiger partial charge is 0.478 e. The molecule has 4 rings (SSSR count). The fourth-order valence-electron chi connectivity index (χ4n) is 3.73. The Kier molecular flexibility index (Phi) is 4.57. The molecule has 0 unspecified atom stereocenters. The highest BCUT2D eigenvalue weighted by Gasteiger charge is 2.29. The van der Waals surface area contributed by atoms with Gasteiger partial charge in [0.2, 0.25) is 0 Å². The van der Waals surface area contributed by atoms with Crippen molar-refractivity contribution in [1.29, 1.82) is 0 Å². The summed E-state index contributed by atoms with van der Waals surface area (Å²) in [6, 6.07) is 20.7. The van der Waals surface area contributed by atoms with E-state index >= 15 is 0 Å². The number of ether oxygens (including phenoxy) is 1. The molecule has 0 heterocycles. The zero-order valence-corrected chi connectivity index (χ0v) is 15.3. The lowest BCUT2D eigenvalue weighted by molar-refractivity contribution is 0.0483. The molecular formula is C23H19NO4. The predicted octanol–water partition coefficient (Wildman–Crippen LogP) is 4.40. The number of carbonyl (C=O) groups is 2. The molecule has 0 atom stereocenters. The first kappa shape index (κ1) is 17.8. The van der Waals surface area contributed by atoms with Crippen LogP contribution in [-0.4, -0.2) is 30.7 Å². The lowest BCUT2D eigenvalue weighted by Gasteiger charge is -2.15. The molecule has 3 aromatic carbocycles. The minimum absolute atomic E-state index is 0.0407. The number of hydrogen-bond acceptors (Lipinski definition) is 4. The average Bonchev–Trinajstić information content (AvgIpc) is 3.05. The van der Waals surface area contributed by atoms with Crippen LogP contribution in [0.1, 0.15) is 37.8 Å². The first-order valence-electron chi connectivity index (χ1n) is 9.00. The van der Waals surface area contributed by atoms with E-state index < -0.39 is 11.9 Å². The second-order valence-corrected chi connectivity index (χ2v) is 6.64. The van der Waals surface area contributed by atoms with Gasteiger partial charge in [-0.3, -0.25) is 0 Å². The van der Waals surface area contributed by atoms with Crippen LogP contribution in [0.3, 0.4) is 0 Å². The van der Waals surface area contributed by atoms with Crippen LogP contribution in [0.15, 0.2) is 66.7 Å². The van der Waals surface area contributed by atoms with Gasteiger partial charge in [-0.2, -0.15) is 0 Å². The van der Waals surface area contributed by atoms with Gasteiger partial charge in [-0.15, -0.1) is 0 Å². The molecule has 0 saturated heterocycles. The number of esters is 1. The highest BCUT2D eigenvalue weighted by molar-refractivity contribution is 6.03. The topological polar surface area (TPSA) is 75.6 Å². The second-order valence-electron chi connectivity index (χ2n) is 6.64. The summed E-state index contributed by atoms with van der Waals surface area (Å²) < 4.78 is 5.59. The number of benzene rings is 3. The third-order valence-corrected chi connectivity index (χ3v) is 5.10. The summed E-state index contributed by atoms with van der Waals surface area (Å²) in [5, 5.41) is 12.3. The molecule has 0 fully saturated rings. The number of fused-ring (bicyclic) bond motifs is 3. The van der Waals surface area contributed by atoms with Crippen LogP contribution in [0.2, 0.25) is 0 Å². The molecule has 0 amide bonds. The Morgan fingerprint density at radius 1 is 0.929 bits per heavy atom. The highest BCUT2D eigenvalue weighted by atomic mass is 16.5. The molecule has 0 bridgehead atoms. The molecule has 3 aromatic rings. The standard InChI is InChI=1S/C23H19NO4/c1-24-14-10-11-19(22(25)26)20(12-14)23(27)28-13-21-17-8-4-2-6-15(17)16-7-3-5-9-18(16)21/h2-12,21,24H,13H2,1H3,(H,25,26). The summed E-state index contributed by atoms with van der Waals surface area (Å²) in [7, 11) is 1.71. The number of carboxylic acid groups (broad SMARTS) is 1. The van der Waals surface area contributed by atoms with Crippen molar-refractivity contribution >= 4 is 17.6 Å². The summed E-state index contributed by atoms with van der Waals surface area (Å²) in [6.07, 6.45) is 0. The molecule has 5 heteroatoms. The van der Waals surface area contributed by atoms with Crippen LogP contribution in [0.4, 0.5) is 5.69 Å². The minimum Gasteiger partial charge on any atom is -0.478 e. The molecule has 1 aliphatic carbocycles. The van der Waals surface area contributed by atoms with E-state index in [1.807, 2.05) is 36.4 Å². The van der Waals surface area contributed by atoms with Crippen molar-refractivity contribution in [2.24, 2.45) is 0 Å². The zero-order valence-electron chi connectivity index (χ0n) is 15.3. The van der Waals surface area contributed by atoms with Crippen LogP contribution in [0.25, 0.3) is 11.1 Å². The van der Waals surface area contributed by atoms with E-state index in [1.165, 1.54) is 12.1 Å². The van der Waals surface area contributed by atoms with Crippen LogP contribution >= 0.6 is 0 Å². The Balaban J connectivity index is 1.62. The second kappa shape index (κ2) is 7.19. The molecule has 140 valence electrons. The molecule has 0 aromatic heterocycles. The molecule has 2 N–H and O–H groups in total. The Hall–Kier alpha value is -3.60. The van der Waals surface area contributed by atoms with E-state index in [4.69, 9.17) is 4.74 Å². The Morgan fingerprint density at radius 3 is 2.11 bits per heavy atom. The maximum Gasteiger partial charge on any atom is 0.339 e. The van der Waals surface area contributed by atoms with Crippen molar-refractivity contribution in [2.75, 3.05) is 19.0 Å². The van der Waals surface area contributed by atoms with Gasteiger partial charge < -0.3 is 15.2 Å². The van der Waals surface area contributed by atoms with E-state index in [-0.39, 0.29) is 23.7 Å². The Labute approximate surface area is 162 Å². The van der Waals surface area contributed by atoms with E-state index in [2.05, 4.69) is 17.4 Å². The fourth-order valence-corrected chi connectivity index (χ4v) is 3.73. The van der Waals surface area contributed by atoms with Crippen LogP contribution in [-0.2, 0) is 4.74 Å². The maximum atomic E-state index is 12.7. The van der Waals surface area contributed by atoms with Gasteiger partial charge in [-0.1, -0.05) is 48.5 Å². The molecular weight excluding hydrogens is 354 g/mol. The molecule has 1 aliphatic rings. The van der Waals surface area contributed by atoms with Gasteiger partial charge in [0.05, 0.1) is 11.1 Å². The number of anilines is 1. The summed E-state index contributed by atoms with van der Waals surface area (Å²) in [4.78, 5) is 24.2. The van der Waals surface area contributed by atoms with Gasteiger partial charge in [-0.25, -0.2) is 9.59 Å². The lowest BCUT2D eigenvalue weighted by Crippen LogP contribution is -2.16. The SMILES string of the molecule is CNc1ccc(C(=O)O)c(C(=O)OCC2c3ccccc3-c3ccccc32)c1. The number of aromatic carboxylic acids is 1. The fraction of sp³-hybridized carbons (Fsp3) is 0.130. The third-order valence-electron chi connectivity index (χ3n) is 5.10. The van der Waals surface area contributed by atoms with Gasteiger partial charge in [0.15, 0.2) is 0 Å². The van der Waals surface area contributed by atoms with E-state index in [9.17, 15) is 14.7 Å². The number of carbonyl (C=O) groups excluding carboxylic acids is 1. The van der Waals surface area contributed by atoms with Crippen LogP contribution in [0.5, 0.6) is 0 Å². The number of rotatable bonds is 5. The van der Waals surface area contributed by atoms with Crippen molar-refractivity contribution in [3.8, 4) is 11.1 Å². The average molecular weight is 373 g/mol. The lowest BCUT2D eigenvalue weighted by atomic mass is 9.98. The highest BCUT2D eigenvalue weighted by Crippen LogP contribution is 2.44. The molecule has 0 radical (unpaired) electrons. The minimum atomic E-state index is -1.16. The first-order valence-corrected chi connectivity index (χ1v) is 9.00. The van der Waals surface area contributed by atoms with Gasteiger partial charge in [0.25, 0.3) is 0 Å². The smallest absolute Gasteiger partial charge is 0.339 e. The predicted molar refractivity (Wildman–Crippen MR) is 107 cm³/mol. The van der Waals surface area contributed by atoms with Crippen molar-refractivity contribution in [2.45, 2.75) is 5.92 Å². The van der Waals surface area contributed by atoms with Gasteiger partial charge >= 0.3 is 11.9 Å². The summed E-state index contributed by atoms with van der Waals surface area (Å²) in [6.45, 7) is 0.149. The van der Waals surface area contributed by atoms with Gasteiger partial charge in [-0.05, 0) is 40.5 Å². The van der Waals surface area contributed by atoms with Crippen LogP contribution < -0.4 is 5.32 Å². The van der Waals surface area contributed by atoms with Gasteiger partial charge in [0, 0.05) is 18.7 Å². The monoisotopic (exact) mass is 373 g/mol. The summed E-state index contributed by atoms with van der Waals surface area (Å²) in [5.41, 5.74) is 5.12. The van der Waals surface area contributed by atoms with Gasteiger partial charge in [0.1, 0.15) is 6.61 Å². The van der Waals surface area contributed by atoms with Crippen molar-refractivity contribution < 1.29 is 19.4 Å². The number of hydrogen-bond donors (Lipinski definition) is 2. The maximum absolute atomic E-state index is 12.7. The van der Waals surface area contributed by atoms with E-state index in [0.29, 0.717) is 5.69 Å². The molecule has 0 saturated carbocycles. The number of nitrogens with one attached hydrogen (secondary N) is 1. The quantitative estimate of drug-likeness (QED) is 0.649. The molecule has 0 spiro atoms. The normalized spacial score (nSPS) is 12.2. The third kappa shape index (κ3) is 3.01. The molecule has 0 aliphatic heterocycles. The number of carboxylic acids is 1. The van der Waals surface area contributed by atoms with Crippen LogP contribution in [0, 0.1) is 0 Å².